The van der Waals surface area contributed by atoms with Crippen LogP contribution in [0.2, 0.25) is 0 Å². The lowest BCUT2D eigenvalue weighted by Crippen LogP contribution is -2.46. The number of rotatable bonds is 18. The summed E-state index contributed by atoms with van der Waals surface area (Å²) in [4.78, 5) is 10.9. The van der Waals surface area contributed by atoms with Gasteiger partial charge in [-0.3, -0.25) is 0 Å². The van der Waals surface area contributed by atoms with Crippen molar-refractivity contribution in [1.82, 2.24) is 0 Å². The predicted octanol–water partition coefficient (Wildman–Crippen LogP) is 9.55. The Bertz CT molecular complexity index is 1460. The minimum atomic E-state index is -5.84. The number of benzene rings is 2. The summed E-state index contributed by atoms with van der Waals surface area (Å²) in [6.07, 6.45) is -16.0. The molecule has 0 aliphatic carbocycles. The van der Waals surface area contributed by atoms with E-state index in [1.54, 1.807) is 12.1 Å². The van der Waals surface area contributed by atoms with Crippen molar-refractivity contribution in [1.29, 1.82) is 0 Å². The average molecular weight is 671 g/mol. The highest BCUT2D eigenvalue weighted by molar-refractivity contribution is 7.99. The molecule has 1 heterocycles. The van der Waals surface area contributed by atoms with Crippen LogP contribution in [0.15, 0.2) is 64.4 Å². The van der Waals surface area contributed by atoms with E-state index >= 15 is 0 Å². The van der Waals surface area contributed by atoms with Crippen molar-refractivity contribution < 1.29 is 63.3 Å². The van der Waals surface area contributed by atoms with E-state index in [-0.39, 0.29) is 4.90 Å². The molecule has 0 aliphatic rings. The van der Waals surface area contributed by atoms with Crippen LogP contribution in [0.1, 0.15) is 44.2 Å². The monoisotopic (exact) mass is 670 g/mol. The van der Waals surface area contributed by atoms with Crippen molar-refractivity contribution in [3.8, 4) is 11.3 Å². The van der Waals surface area contributed by atoms with Crippen LogP contribution in [-0.4, -0.2) is 43.1 Å². The molecule has 0 amide bonds. The van der Waals surface area contributed by atoms with Gasteiger partial charge in [0.05, 0.1) is 5.75 Å². The van der Waals surface area contributed by atoms with E-state index < -0.39 is 43.1 Å². The summed E-state index contributed by atoms with van der Waals surface area (Å²) in [7, 11) is 0. The molecule has 2 aromatic carbocycles. The van der Waals surface area contributed by atoms with Gasteiger partial charge in [-0.05, 0) is 54.7 Å². The fraction of sp³-hybridized carbons (Fsp3) is 0.433. The standard InChI is InChI=1S/C30H30F8O6S/c1-4-7-8-9-19-10-13-23(20(5-2)14-19)25-15-21-11-12-22(16-24(21)41-25)45-18-28(33,34)43-30(37,38)44-29(35,36)42-27(31,32)17-40-26(39)6-3/h6,10-16H,3-5,7-9,17-18H2,1-2H3. The molecule has 248 valence electrons. The fourth-order valence-corrected chi connectivity index (χ4v) is 4.86. The van der Waals surface area contributed by atoms with Gasteiger partial charge in [0.25, 0.3) is 0 Å². The lowest BCUT2D eigenvalue weighted by molar-refractivity contribution is -0.572. The Balaban J connectivity index is 1.64. The van der Waals surface area contributed by atoms with Gasteiger partial charge in [0, 0.05) is 21.9 Å². The number of ether oxygens (including phenoxy) is 4. The first kappa shape index (κ1) is 36.3. The lowest BCUT2D eigenvalue weighted by Gasteiger charge is -2.27. The van der Waals surface area contributed by atoms with Gasteiger partial charge < -0.3 is 9.15 Å². The molecule has 0 fully saturated rings. The number of hydrogen-bond donors (Lipinski definition) is 0. The second-order valence-electron chi connectivity index (χ2n) is 9.72. The second-order valence-corrected chi connectivity index (χ2v) is 10.8. The molecular formula is C30H30F8O6S. The molecule has 0 N–H and O–H groups in total. The molecule has 6 nitrogen and oxygen atoms in total. The van der Waals surface area contributed by atoms with Crippen molar-refractivity contribution in [3.05, 3.63) is 66.2 Å². The highest BCUT2D eigenvalue weighted by Crippen LogP contribution is 2.39. The molecule has 0 atom stereocenters. The zero-order chi connectivity index (χ0) is 33.5. The Labute approximate surface area is 257 Å². The summed E-state index contributed by atoms with van der Waals surface area (Å²) >= 11 is 0.327. The van der Waals surface area contributed by atoms with Gasteiger partial charge in [-0.1, -0.05) is 51.5 Å². The Morgan fingerprint density at radius 2 is 1.58 bits per heavy atom. The van der Waals surface area contributed by atoms with Crippen LogP contribution >= 0.6 is 11.8 Å². The van der Waals surface area contributed by atoms with Gasteiger partial charge in [-0.25, -0.2) is 19.0 Å². The van der Waals surface area contributed by atoms with E-state index in [4.69, 9.17) is 4.42 Å². The first-order valence-electron chi connectivity index (χ1n) is 13.7. The van der Waals surface area contributed by atoms with Crippen LogP contribution in [-0.2, 0) is 36.6 Å². The highest BCUT2D eigenvalue weighted by Gasteiger charge is 2.56. The van der Waals surface area contributed by atoms with Crippen molar-refractivity contribution in [2.24, 2.45) is 0 Å². The zero-order valence-electron chi connectivity index (χ0n) is 24.2. The van der Waals surface area contributed by atoms with E-state index in [0.29, 0.717) is 34.6 Å². The SMILES string of the molecule is C=CC(=O)OCC(F)(F)OC(F)(F)OC(F)(F)OC(F)(F)CSc1ccc2cc(-c3ccc(CCCCC)cc3CC)oc2c1. The third-order valence-electron chi connectivity index (χ3n) is 6.11. The number of hydrogen-bond acceptors (Lipinski definition) is 7. The van der Waals surface area contributed by atoms with Gasteiger partial charge >= 0.3 is 30.8 Å². The van der Waals surface area contributed by atoms with Gasteiger partial charge in [0.1, 0.15) is 11.3 Å². The molecule has 0 saturated heterocycles. The van der Waals surface area contributed by atoms with Crippen LogP contribution < -0.4 is 0 Å². The molecule has 0 aliphatic heterocycles. The second kappa shape index (κ2) is 15.0. The number of unbranched alkanes of at least 4 members (excludes halogenated alkanes) is 2. The summed E-state index contributed by atoms with van der Waals surface area (Å²) in [5.41, 5.74) is 3.45. The number of thioether (sulfide) groups is 1. The highest BCUT2D eigenvalue weighted by atomic mass is 32.2. The van der Waals surface area contributed by atoms with Gasteiger partial charge in [-0.2, -0.15) is 17.6 Å². The third-order valence-corrected chi connectivity index (χ3v) is 7.17. The normalized spacial score (nSPS) is 12.9. The van der Waals surface area contributed by atoms with E-state index in [1.165, 1.54) is 17.7 Å². The maximum absolute atomic E-state index is 14.2. The first-order chi connectivity index (χ1) is 21.0. The Kier molecular flexibility index (Phi) is 12.1. The molecule has 45 heavy (non-hydrogen) atoms. The van der Waals surface area contributed by atoms with E-state index in [0.717, 1.165) is 43.2 Å². The topological polar surface area (TPSA) is 67.1 Å². The molecule has 1 aromatic heterocycles. The van der Waals surface area contributed by atoms with E-state index in [9.17, 15) is 39.9 Å². The molecule has 0 bridgehead atoms. The molecule has 0 spiro atoms. The van der Waals surface area contributed by atoms with Crippen molar-refractivity contribution in [2.75, 3.05) is 12.4 Å². The summed E-state index contributed by atoms with van der Waals surface area (Å²) < 4.78 is 128. The molecule has 0 radical (unpaired) electrons. The van der Waals surface area contributed by atoms with E-state index in [1.807, 2.05) is 19.1 Å². The number of alkyl halides is 8. The maximum Gasteiger partial charge on any atom is 0.496 e. The van der Waals surface area contributed by atoms with Crippen LogP contribution in [0.5, 0.6) is 0 Å². The van der Waals surface area contributed by atoms with Crippen molar-refractivity contribution in [2.45, 2.75) is 75.7 Å². The largest absolute Gasteiger partial charge is 0.496 e. The fourth-order valence-electron chi connectivity index (χ4n) is 4.12. The number of carbonyl (C=O) groups is 1. The molecule has 3 rings (SSSR count). The molecule has 0 unspecified atom stereocenters. The summed E-state index contributed by atoms with van der Waals surface area (Å²) in [5, 5.41) is 0.643. The third kappa shape index (κ3) is 11.3. The maximum atomic E-state index is 14.2. The lowest BCUT2D eigenvalue weighted by atomic mass is 9.97. The molecule has 3 aromatic rings. The van der Waals surface area contributed by atoms with Gasteiger partial charge in [0.2, 0.25) is 0 Å². The quantitative estimate of drug-likeness (QED) is 0.0334. The van der Waals surface area contributed by atoms with Crippen LogP contribution in [0.3, 0.4) is 0 Å². The smallest absolute Gasteiger partial charge is 0.456 e. The van der Waals surface area contributed by atoms with Crippen LogP contribution in [0.25, 0.3) is 22.3 Å². The molecule has 0 saturated carbocycles. The summed E-state index contributed by atoms with van der Waals surface area (Å²) in [6, 6.07) is 12.3. The molecular weight excluding hydrogens is 640 g/mol. The minimum absolute atomic E-state index is 0.139. The zero-order valence-corrected chi connectivity index (χ0v) is 25.0. The number of fused-ring (bicyclic) bond motifs is 1. The minimum Gasteiger partial charge on any atom is -0.456 e. The number of halogens is 8. The Morgan fingerprint density at radius 1 is 0.889 bits per heavy atom. The van der Waals surface area contributed by atoms with Crippen molar-refractivity contribution in [3.63, 3.8) is 0 Å². The summed E-state index contributed by atoms with van der Waals surface area (Å²) in [5.74, 6) is -2.43. The van der Waals surface area contributed by atoms with Crippen molar-refractivity contribution >= 4 is 28.7 Å². The summed E-state index contributed by atoms with van der Waals surface area (Å²) in [6.45, 7) is 4.87. The first-order valence-corrected chi connectivity index (χ1v) is 14.6. The molecule has 15 heteroatoms. The number of carbonyl (C=O) groups excluding carboxylic acids is 1. The van der Waals surface area contributed by atoms with Gasteiger partial charge in [0.15, 0.2) is 6.61 Å². The Morgan fingerprint density at radius 3 is 2.22 bits per heavy atom. The Hall–Kier alpha value is -3.14. The predicted molar refractivity (Wildman–Crippen MR) is 149 cm³/mol. The number of aryl methyl sites for hydroxylation is 2. The number of esters is 1. The van der Waals surface area contributed by atoms with Crippen LogP contribution in [0, 0.1) is 0 Å². The van der Waals surface area contributed by atoms with E-state index in [2.05, 4.69) is 38.5 Å². The number of furan rings is 1. The average Bonchev–Trinajstić information content (AvgIpc) is 3.36. The van der Waals surface area contributed by atoms with Crippen LogP contribution in [0.4, 0.5) is 35.1 Å². The van der Waals surface area contributed by atoms with Gasteiger partial charge in [-0.15, -0.1) is 29.3 Å².